The molecular formula is C27H29N3O2. The summed E-state index contributed by atoms with van der Waals surface area (Å²) in [5, 5.41) is 3.06. The third kappa shape index (κ3) is 4.78. The van der Waals surface area contributed by atoms with Crippen molar-refractivity contribution >= 4 is 17.3 Å². The Hall–Kier alpha value is -3.31. The van der Waals surface area contributed by atoms with Crippen molar-refractivity contribution in [3.8, 4) is 5.75 Å². The summed E-state index contributed by atoms with van der Waals surface area (Å²) in [7, 11) is 0. The van der Waals surface area contributed by atoms with Crippen LogP contribution in [-0.4, -0.2) is 43.6 Å². The number of hydrogen-bond donors (Lipinski definition) is 1. The Bertz CT molecular complexity index is 1040. The number of rotatable bonds is 5. The molecule has 1 amide bonds. The van der Waals surface area contributed by atoms with Crippen LogP contribution in [0.5, 0.6) is 5.75 Å². The van der Waals surface area contributed by atoms with Crippen molar-refractivity contribution in [2.45, 2.75) is 13.0 Å². The summed E-state index contributed by atoms with van der Waals surface area (Å²) < 4.78 is 5.77. The average Bonchev–Trinajstić information content (AvgIpc) is 2.85. The van der Waals surface area contributed by atoms with Gasteiger partial charge in [-0.1, -0.05) is 48.5 Å². The second-order valence-corrected chi connectivity index (χ2v) is 8.60. The van der Waals surface area contributed by atoms with E-state index in [1.54, 1.807) is 0 Å². The van der Waals surface area contributed by atoms with Crippen LogP contribution in [0.4, 0.5) is 11.4 Å². The van der Waals surface area contributed by atoms with Crippen molar-refractivity contribution in [2.24, 2.45) is 5.92 Å². The minimum atomic E-state index is -0.165. The fraction of sp³-hybridized carbons (Fsp3) is 0.296. The van der Waals surface area contributed by atoms with Gasteiger partial charge in [-0.25, -0.2) is 0 Å². The van der Waals surface area contributed by atoms with Crippen molar-refractivity contribution in [1.29, 1.82) is 0 Å². The number of carbonyl (C=O) groups is 1. The maximum absolute atomic E-state index is 12.7. The predicted molar refractivity (Wildman–Crippen MR) is 128 cm³/mol. The number of amides is 1. The monoisotopic (exact) mass is 427 g/mol. The lowest BCUT2D eigenvalue weighted by molar-refractivity contribution is -0.121. The second kappa shape index (κ2) is 9.45. The number of carbonyl (C=O) groups excluding carboxylic acids is 1. The van der Waals surface area contributed by atoms with Gasteiger partial charge >= 0.3 is 0 Å². The molecule has 1 fully saturated rings. The highest BCUT2D eigenvalue weighted by Gasteiger charge is 2.26. The number of benzene rings is 3. The maximum atomic E-state index is 12.7. The summed E-state index contributed by atoms with van der Waals surface area (Å²) in [4.78, 5) is 17.7. The Morgan fingerprint density at radius 2 is 1.59 bits per heavy atom. The van der Waals surface area contributed by atoms with Gasteiger partial charge < -0.3 is 15.0 Å². The van der Waals surface area contributed by atoms with E-state index in [1.807, 2.05) is 36.4 Å². The predicted octanol–water partition coefficient (Wildman–Crippen LogP) is 4.20. The van der Waals surface area contributed by atoms with Crippen LogP contribution in [0.1, 0.15) is 11.1 Å². The van der Waals surface area contributed by atoms with Gasteiger partial charge in [-0.05, 0) is 47.9 Å². The maximum Gasteiger partial charge on any atom is 0.231 e. The molecule has 2 heterocycles. The van der Waals surface area contributed by atoms with Crippen LogP contribution in [0.3, 0.4) is 0 Å². The first-order valence-corrected chi connectivity index (χ1v) is 11.4. The first-order chi connectivity index (χ1) is 15.7. The minimum Gasteiger partial charge on any atom is -0.492 e. The Balaban J connectivity index is 1.13. The van der Waals surface area contributed by atoms with E-state index >= 15 is 0 Å². The number of anilines is 2. The molecule has 2 aliphatic rings. The molecule has 0 aromatic heterocycles. The topological polar surface area (TPSA) is 44.8 Å². The van der Waals surface area contributed by atoms with Crippen LogP contribution in [0.15, 0.2) is 78.9 Å². The molecule has 1 atom stereocenters. The van der Waals surface area contributed by atoms with Crippen molar-refractivity contribution < 1.29 is 9.53 Å². The van der Waals surface area contributed by atoms with Crippen LogP contribution in [-0.2, 0) is 17.8 Å². The molecule has 3 aromatic rings. The van der Waals surface area contributed by atoms with Gasteiger partial charge in [0.05, 0.1) is 5.92 Å². The van der Waals surface area contributed by atoms with Crippen LogP contribution in [0.2, 0.25) is 0 Å². The fourth-order valence-corrected chi connectivity index (χ4v) is 4.50. The lowest BCUT2D eigenvalue weighted by Gasteiger charge is -2.36. The molecule has 1 N–H and O–H groups in total. The van der Waals surface area contributed by atoms with E-state index in [1.165, 1.54) is 11.3 Å². The van der Waals surface area contributed by atoms with Crippen molar-refractivity contribution in [2.75, 3.05) is 43.0 Å². The minimum absolute atomic E-state index is 0.0155. The summed E-state index contributed by atoms with van der Waals surface area (Å²) in [5.41, 5.74) is 4.51. The summed E-state index contributed by atoms with van der Waals surface area (Å²) in [6, 6.07) is 26.8. The van der Waals surface area contributed by atoms with Crippen LogP contribution >= 0.6 is 0 Å². The lowest BCUT2D eigenvalue weighted by atomic mass is 9.96. The highest BCUT2D eigenvalue weighted by Crippen LogP contribution is 2.28. The second-order valence-electron chi connectivity index (χ2n) is 8.60. The zero-order valence-corrected chi connectivity index (χ0v) is 18.2. The Morgan fingerprint density at radius 3 is 2.38 bits per heavy atom. The van der Waals surface area contributed by atoms with Crippen molar-refractivity contribution in [3.63, 3.8) is 0 Å². The van der Waals surface area contributed by atoms with E-state index in [-0.39, 0.29) is 11.8 Å². The van der Waals surface area contributed by atoms with E-state index in [0.717, 1.165) is 49.7 Å². The largest absolute Gasteiger partial charge is 0.492 e. The van der Waals surface area contributed by atoms with Gasteiger partial charge in [0.2, 0.25) is 5.91 Å². The van der Waals surface area contributed by atoms with E-state index in [4.69, 9.17) is 4.74 Å². The van der Waals surface area contributed by atoms with Gasteiger partial charge in [0, 0.05) is 44.1 Å². The van der Waals surface area contributed by atoms with Gasteiger partial charge in [0.1, 0.15) is 12.4 Å². The molecule has 5 heteroatoms. The van der Waals surface area contributed by atoms with Crippen molar-refractivity contribution in [1.82, 2.24) is 4.90 Å². The molecule has 5 rings (SSSR count). The molecule has 3 aromatic carbocycles. The molecule has 5 nitrogen and oxygen atoms in total. The normalized spacial score (nSPS) is 18.5. The zero-order valence-electron chi connectivity index (χ0n) is 18.2. The fourth-order valence-electron chi connectivity index (χ4n) is 4.50. The molecule has 0 bridgehead atoms. The number of hydrogen-bond acceptors (Lipinski definition) is 4. The zero-order chi connectivity index (χ0) is 21.8. The molecule has 0 saturated carbocycles. The number of piperazine rings is 1. The van der Waals surface area contributed by atoms with E-state index < -0.39 is 0 Å². The molecule has 0 aliphatic carbocycles. The quantitative estimate of drug-likeness (QED) is 0.663. The van der Waals surface area contributed by atoms with Crippen LogP contribution in [0, 0.1) is 5.92 Å². The molecular weight excluding hydrogens is 398 g/mol. The number of nitrogens with zero attached hydrogens (tertiary/aromatic N) is 2. The Morgan fingerprint density at radius 1 is 0.875 bits per heavy atom. The molecule has 164 valence electrons. The highest BCUT2D eigenvalue weighted by molar-refractivity contribution is 5.93. The SMILES string of the molecule is O=C(Nc1ccc(N2CCN(Cc3ccccc3)CC2)cc1)[C@@H]1COc2ccccc2C1. The van der Waals surface area contributed by atoms with Crippen LogP contribution in [0.25, 0.3) is 0 Å². The number of fused-ring (bicyclic) bond motifs is 1. The molecule has 1 saturated heterocycles. The van der Waals surface area contributed by atoms with Gasteiger partial charge in [0.15, 0.2) is 0 Å². The Kier molecular flexibility index (Phi) is 6.08. The van der Waals surface area contributed by atoms with Gasteiger partial charge in [-0.2, -0.15) is 0 Å². The van der Waals surface area contributed by atoms with E-state index in [0.29, 0.717) is 13.0 Å². The Labute approximate surface area is 189 Å². The number of ether oxygens (including phenoxy) is 1. The molecule has 0 radical (unpaired) electrons. The van der Waals surface area contributed by atoms with Gasteiger partial charge in [-0.3, -0.25) is 9.69 Å². The van der Waals surface area contributed by atoms with Crippen LogP contribution < -0.4 is 15.0 Å². The van der Waals surface area contributed by atoms with E-state index in [9.17, 15) is 4.79 Å². The third-order valence-electron chi connectivity index (χ3n) is 6.37. The smallest absolute Gasteiger partial charge is 0.231 e. The summed E-state index contributed by atoms with van der Waals surface area (Å²) in [5.74, 6) is 0.744. The highest BCUT2D eigenvalue weighted by atomic mass is 16.5. The first-order valence-electron chi connectivity index (χ1n) is 11.4. The summed E-state index contributed by atoms with van der Waals surface area (Å²) in [6.07, 6.45) is 0.716. The molecule has 0 spiro atoms. The van der Waals surface area contributed by atoms with Crippen molar-refractivity contribution in [3.05, 3.63) is 90.0 Å². The number of nitrogens with one attached hydrogen (secondary N) is 1. The third-order valence-corrected chi connectivity index (χ3v) is 6.37. The average molecular weight is 428 g/mol. The number of para-hydroxylation sites is 1. The summed E-state index contributed by atoms with van der Waals surface area (Å²) in [6.45, 7) is 5.56. The van der Waals surface area contributed by atoms with Gasteiger partial charge in [0.25, 0.3) is 0 Å². The first kappa shape index (κ1) is 20.6. The molecule has 0 unspecified atom stereocenters. The molecule has 32 heavy (non-hydrogen) atoms. The lowest BCUT2D eigenvalue weighted by Crippen LogP contribution is -2.45. The molecule has 2 aliphatic heterocycles. The van der Waals surface area contributed by atoms with Gasteiger partial charge in [-0.15, -0.1) is 0 Å². The van der Waals surface area contributed by atoms with E-state index in [2.05, 4.69) is 57.6 Å². The standard InChI is InChI=1S/C27H29N3O2/c31-27(23-18-22-8-4-5-9-26(22)32-20-23)28-24-10-12-25(13-11-24)30-16-14-29(15-17-30)19-21-6-2-1-3-7-21/h1-13,23H,14-20H2,(H,28,31)/t23-/m0/s1. The summed E-state index contributed by atoms with van der Waals surface area (Å²) >= 11 is 0.